The van der Waals surface area contributed by atoms with Crippen LogP contribution in [0.2, 0.25) is 0 Å². The van der Waals surface area contributed by atoms with Crippen LogP contribution in [-0.2, 0) is 4.79 Å². The molecule has 0 saturated carbocycles. The highest BCUT2D eigenvalue weighted by atomic mass is 16.5. The molecule has 1 heterocycles. The van der Waals surface area contributed by atoms with E-state index in [9.17, 15) is 4.79 Å². The van der Waals surface area contributed by atoms with Crippen molar-refractivity contribution in [2.75, 3.05) is 32.1 Å². The van der Waals surface area contributed by atoms with Gasteiger partial charge in [-0.1, -0.05) is 19.0 Å². The van der Waals surface area contributed by atoms with Crippen LogP contribution in [0.5, 0.6) is 0 Å². The molecule has 0 unspecified atom stereocenters. The quantitative estimate of drug-likeness (QED) is 0.676. The molecule has 0 saturated heterocycles. The standard InChI is InChI=1S/C14H25N3O3/c1-11(2)12-9-14(20-16-12)15-13(19)10-17(3)7-5-4-6-8-18/h9,11,18H,4-8,10H2,1-3H3,(H,15,19). The Morgan fingerprint density at radius 1 is 1.45 bits per heavy atom. The van der Waals surface area contributed by atoms with Crippen molar-refractivity contribution in [3.8, 4) is 0 Å². The Hall–Kier alpha value is -1.40. The minimum Gasteiger partial charge on any atom is -0.396 e. The van der Waals surface area contributed by atoms with Crippen molar-refractivity contribution in [1.82, 2.24) is 10.1 Å². The molecule has 0 aliphatic heterocycles. The first-order valence-corrected chi connectivity index (χ1v) is 7.08. The molecule has 114 valence electrons. The zero-order valence-corrected chi connectivity index (χ0v) is 12.6. The molecule has 20 heavy (non-hydrogen) atoms. The second-order valence-corrected chi connectivity index (χ2v) is 5.34. The maximum Gasteiger partial charge on any atom is 0.240 e. The summed E-state index contributed by atoms with van der Waals surface area (Å²) in [5.41, 5.74) is 0.831. The summed E-state index contributed by atoms with van der Waals surface area (Å²) in [6, 6.07) is 1.75. The third-order valence-corrected chi connectivity index (χ3v) is 2.99. The average molecular weight is 283 g/mol. The molecule has 0 fully saturated rings. The summed E-state index contributed by atoms with van der Waals surface area (Å²) >= 11 is 0. The fraction of sp³-hybridized carbons (Fsp3) is 0.714. The van der Waals surface area contributed by atoms with Gasteiger partial charge in [0.2, 0.25) is 11.8 Å². The Morgan fingerprint density at radius 3 is 2.80 bits per heavy atom. The molecule has 0 spiro atoms. The summed E-state index contributed by atoms with van der Waals surface area (Å²) in [5, 5.41) is 15.3. The van der Waals surface area contributed by atoms with Crippen molar-refractivity contribution in [2.45, 2.75) is 39.0 Å². The Morgan fingerprint density at radius 2 is 2.20 bits per heavy atom. The van der Waals surface area contributed by atoms with Gasteiger partial charge in [0.05, 0.1) is 12.2 Å². The summed E-state index contributed by atoms with van der Waals surface area (Å²) in [5.74, 6) is 0.562. The SMILES string of the molecule is CC(C)c1cc(NC(=O)CN(C)CCCCCO)on1. The maximum absolute atomic E-state index is 11.8. The molecule has 0 radical (unpaired) electrons. The minimum absolute atomic E-state index is 0.110. The summed E-state index contributed by atoms with van der Waals surface area (Å²) in [4.78, 5) is 13.8. The Bertz CT molecular complexity index is 404. The van der Waals surface area contributed by atoms with Crippen molar-refractivity contribution in [3.63, 3.8) is 0 Å². The van der Waals surface area contributed by atoms with Crippen molar-refractivity contribution in [3.05, 3.63) is 11.8 Å². The summed E-state index contributed by atoms with van der Waals surface area (Å²) < 4.78 is 5.06. The third-order valence-electron chi connectivity index (χ3n) is 2.99. The summed E-state index contributed by atoms with van der Waals surface area (Å²) in [6.07, 6.45) is 2.77. The highest BCUT2D eigenvalue weighted by Gasteiger charge is 2.11. The first-order valence-electron chi connectivity index (χ1n) is 7.08. The zero-order valence-electron chi connectivity index (χ0n) is 12.6. The number of aliphatic hydroxyl groups is 1. The van der Waals surface area contributed by atoms with Crippen LogP contribution >= 0.6 is 0 Å². The van der Waals surface area contributed by atoms with E-state index >= 15 is 0 Å². The molecule has 1 aromatic heterocycles. The largest absolute Gasteiger partial charge is 0.396 e. The first-order chi connectivity index (χ1) is 9.52. The molecule has 6 nitrogen and oxygen atoms in total. The van der Waals surface area contributed by atoms with Crippen LogP contribution in [0.4, 0.5) is 5.88 Å². The summed E-state index contributed by atoms with van der Waals surface area (Å²) in [6.45, 7) is 5.42. The third kappa shape index (κ3) is 6.16. The lowest BCUT2D eigenvalue weighted by Gasteiger charge is -2.15. The van der Waals surface area contributed by atoms with Crippen molar-refractivity contribution in [2.24, 2.45) is 0 Å². The van der Waals surface area contributed by atoms with Crippen molar-refractivity contribution in [1.29, 1.82) is 0 Å². The van der Waals surface area contributed by atoms with E-state index < -0.39 is 0 Å². The van der Waals surface area contributed by atoms with E-state index in [2.05, 4.69) is 10.5 Å². The molecule has 1 rings (SSSR count). The topological polar surface area (TPSA) is 78.6 Å². The van der Waals surface area contributed by atoms with Crippen LogP contribution in [0.15, 0.2) is 10.6 Å². The smallest absolute Gasteiger partial charge is 0.240 e. The van der Waals surface area contributed by atoms with E-state index in [-0.39, 0.29) is 18.4 Å². The number of hydrogen-bond acceptors (Lipinski definition) is 5. The van der Waals surface area contributed by atoms with Gasteiger partial charge in [-0.3, -0.25) is 15.0 Å². The molecule has 0 aromatic carbocycles. The predicted octanol–water partition coefficient (Wildman–Crippen LogP) is 1.83. The second kappa shape index (κ2) is 8.71. The molecule has 0 bridgehead atoms. The van der Waals surface area contributed by atoms with Gasteiger partial charge >= 0.3 is 0 Å². The van der Waals surface area contributed by atoms with E-state index in [1.807, 2.05) is 25.8 Å². The number of aliphatic hydroxyl groups excluding tert-OH is 1. The monoisotopic (exact) mass is 283 g/mol. The summed E-state index contributed by atoms with van der Waals surface area (Å²) in [7, 11) is 1.90. The van der Waals surface area contributed by atoms with Gasteiger partial charge in [-0.15, -0.1) is 0 Å². The minimum atomic E-state index is -0.110. The van der Waals surface area contributed by atoms with Crippen molar-refractivity contribution >= 4 is 11.8 Å². The molecular formula is C14H25N3O3. The highest BCUT2D eigenvalue weighted by Crippen LogP contribution is 2.17. The van der Waals surface area contributed by atoms with Gasteiger partial charge in [-0.25, -0.2) is 0 Å². The number of hydrogen-bond donors (Lipinski definition) is 2. The van der Waals surface area contributed by atoms with Crippen molar-refractivity contribution < 1.29 is 14.4 Å². The van der Waals surface area contributed by atoms with Gasteiger partial charge in [0.15, 0.2) is 0 Å². The molecule has 2 N–H and O–H groups in total. The number of unbranched alkanes of at least 4 members (excludes halogenated alkanes) is 2. The van der Waals surface area contributed by atoms with E-state index in [0.29, 0.717) is 12.4 Å². The molecule has 0 aliphatic rings. The first kappa shape index (κ1) is 16.7. The number of anilines is 1. The Balaban J connectivity index is 2.28. The number of likely N-dealkylation sites (N-methyl/N-ethyl adjacent to an activating group) is 1. The van der Waals surface area contributed by atoms with Crippen LogP contribution in [-0.4, -0.2) is 47.8 Å². The molecule has 6 heteroatoms. The molecular weight excluding hydrogens is 258 g/mol. The fourth-order valence-electron chi connectivity index (χ4n) is 1.79. The maximum atomic E-state index is 11.8. The van der Waals surface area contributed by atoms with Crippen LogP contribution in [0.3, 0.4) is 0 Å². The molecule has 1 amide bonds. The number of aromatic nitrogens is 1. The number of carbonyl (C=O) groups excluding carboxylic acids is 1. The van der Waals surface area contributed by atoms with Gasteiger partial charge in [0, 0.05) is 12.7 Å². The number of rotatable bonds is 9. The van der Waals surface area contributed by atoms with E-state index in [4.69, 9.17) is 9.63 Å². The lowest BCUT2D eigenvalue weighted by atomic mass is 10.1. The van der Waals surface area contributed by atoms with Gasteiger partial charge in [0.25, 0.3) is 0 Å². The molecule has 1 aromatic rings. The van der Waals surface area contributed by atoms with Crippen LogP contribution < -0.4 is 5.32 Å². The lowest BCUT2D eigenvalue weighted by molar-refractivity contribution is -0.117. The van der Waals surface area contributed by atoms with Gasteiger partial charge < -0.3 is 9.63 Å². The lowest BCUT2D eigenvalue weighted by Crippen LogP contribution is -2.30. The van der Waals surface area contributed by atoms with Gasteiger partial charge in [-0.05, 0) is 38.8 Å². The Kier molecular flexibility index (Phi) is 7.25. The second-order valence-electron chi connectivity index (χ2n) is 5.34. The predicted molar refractivity (Wildman–Crippen MR) is 77.7 cm³/mol. The van der Waals surface area contributed by atoms with Crippen LogP contribution in [0, 0.1) is 0 Å². The number of nitrogens with one attached hydrogen (secondary N) is 1. The highest BCUT2D eigenvalue weighted by molar-refractivity contribution is 5.90. The van der Waals surface area contributed by atoms with Gasteiger partial charge in [0.1, 0.15) is 0 Å². The van der Waals surface area contributed by atoms with Gasteiger partial charge in [-0.2, -0.15) is 0 Å². The van der Waals surface area contributed by atoms with Crippen LogP contribution in [0.25, 0.3) is 0 Å². The van der Waals surface area contributed by atoms with Crippen LogP contribution in [0.1, 0.15) is 44.7 Å². The van der Waals surface area contributed by atoms with E-state index in [1.54, 1.807) is 6.07 Å². The number of nitrogens with zero attached hydrogens (tertiary/aromatic N) is 2. The molecule has 0 atom stereocenters. The number of carbonyl (C=O) groups is 1. The zero-order chi connectivity index (χ0) is 15.0. The Labute approximate surface area is 120 Å². The number of amides is 1. The average Bonchev–Trinajstić information content (AvgIpc) is 2.83. The van der Waals surface area contributed by atoms with E-state index in [1.165, 1.54) is 0 Å². The fourth-order valence-corrected chi connectivity index (χ4v) is 1.79. The van der Waals surface area contributed by atoms with E-state index in [0.717, 1.165) is 31.5 Å². The normalized spacial score (nSPS) is 11.3. The molecule has 0 aliphatic carbocycles.